The molecule has 5 nitrogen and oxygen atoms in total. The zero-order valence-electron chi connectivity index (χ0n) is 16.8. The molecule has 0 saturated heterocycles. The number of fused-ring (bicyclic) bond motifs is 2. The van der Waals surface area contributed by atoms with Gasteiger partial charge in [-0.3, -0.25) is 9.69 Å². The number of halogens is 1. The molecule has 0 unspecified atom stereocenters. The largest absolute Gasteiger partial charge is 0.310 e. The van der Waals surface area contributed by atoms with Crippen molar-refractivity contribution in [3.63, 3.8) is 0 Å². The third-order valence-corrected chi connectivity index (χ3v) is 5.58. The Bertz CT molecular complexity index is 1110. The van der Waals surface area contributed by atoms with E-state index in [9.17, 15) is 4.79 Å². The Morgan fingerprint density at radius 2 is 2.00 bits per heavy atom. The van der Waals surface area contributed by atoms with Crippen molar-refractivity contribution in [2.24, 2.45) is 0 Å². The Balaban J connectivity index is 1.60. The summed E-state index contributed by atoms with van der Waals surface area (Å²) in [5.41, 5.74) is 4.54. The van der Waals surface area contributed by atoms with Crippen molar-refractivity contribution < 1.29 is 0 Å². The molecule has 0 fully saturated rings. The summed E-state index contributed by atoms with van der Waals surface area (Å²) in [6.07, 6.45) is 0.764. The summed E-state index contributed by atoms with van der Waals surface area (Å²) >= 11 is 6.46. The lowest BCUT2D eigenvalue weighted by molar-refractivity contribution is 0.241. The minimum absolute atomic E-state index is 0.0298. The molecule has 28 heavy (non-hydrogen) atoms. The first-order chi connectivity index (χ1) is 13.2. The van der Waals surface area contributed by atoms with E-state index >= 15 is 0 Å². The number of pyridine rings is 1. The fourth-order valence-electron chi connectivity index (χ4n) is 3.62. The van der Waals surface area contributed by atoms with Gasteiger partial charge in [-0.15, -0.1) is 0 Å². The number of hydrogen-bond acceptors (Lipinski definition) is 4. The number of aromatic nitrogens is 3. The Labute approximate surface area is 169 Å². The maximum Gasteiger partial charge on any atom is 0.255 e. The van der Waals surface area contributed by atoms with E-state index in [1.54, 1.807) is 0 Å². The van der Waals surface area contributed by atoms with E-state index in [1.165, 1.54) is 0 Å². The number of nitrogens with zero attached hydrogens (tertiary/aromatic N) is 3. The first kappa shape index (κ1) is 19.1. The number of hydrogen-bond donors (Lipinski definition) is 1. The lowest BCUT2D eigenvalue weighted by Gasteiger charge is -2.29. The van der Waals surface area contributed by atoms with Gasteiger partial charge in [0.1, 0.15) is 11.0 Å². The second kappa shape index (κ2) is 6.98. The Kier molecular flexibility index (Phi) is 4.76. The van der Waals surface area contributed by atoms with E-state index in [1.807, 2.05) is 13.0 Å². The summed E-state index contributed by atoms with van der Waals surface area (Å²) in [6, 6.07) is 8.30. The topological polar surface area (TPSA) is 61.9 Å². The van der Waals surface area contributed by atoms with Gasteiger partial charge in [0.05, 0.1) is 16.8 Å². The number of aromatic amines is 1. The fourth-order valence-corrected chi connectivity index (χ4v) is 3.83. The molecule has 3 aromatic rings. The van der Waals surface area contributed by atoms with Crippen LogP contribution in [-0.4, -0.2) is 26.4 Å². The zero-order chi connectivity index (χ0) is 20.1. The molecule has 1 aliphatic rings. The molecule has 0 saturated carbocycles. The molecule has 4 rings (SSSR count). The molecule has 1 aliphatic heterocycles. The third-order valence-electron chi connectivity index (χ3n) is 5.25. The molecule has 0 radical (unpaired) electrons. The molecular weight excluding hydrogens is 372 g/mol. The molecule has 0 amide bonds. The lowest BCUT2D eigenvalue weighted by atomic mass is 9.95. The minimum atomic E-state index is -0.173. The van der Waals surface area contributed by atoms with Crippen molar-refractivity contribution in [2.75, 3.05) is 6.54 Å². The Morgan fingerprint density at radius 3 is 2.75 bits per heavy atom. The average molecular weight is 397 g/mol. The molecular formula is C22H25ClN4O. The highest BCUT2D eigenvalue weighted by molar-refractivity contribution is 6.30. The van der Waals surface area contributed by atoms with Crippen molar-refractivity contribution >= 4 is 22.5 Å². The predicted octanol–water partition coefficient (Wildman–Crippen LogP) is 4.14. The van der Waals surface area contributed by atoms with Gasteiger partial charge in [0, 0.05) is 42.4 Å². The summed E-state index contributed by atoms with van der Waals surface area (Å²) in [4.78, 5) is 27.1. The first-order valence-electron chi connectivity index (χ1n) is 9.61. The molecule has 0 atom stereocenters. The SMILES string of the molecule is Cc1ccc2cc(CN3CCc4nc(C(C)(C)C)[nH]c(=O)c4C3)c(Cl)nc2c1. The van der Waals surface area contributed by atoms with Crippen LogP contribution in [0.3, 0.4) is 0 Å². The van der Waals surface area contributed by atoms with E-state index in [-0.39, 0.29) is 11.0 Å². The predicted molar refractivity (Wildman–Crippen MR) is 113 cm³/mol. The summed E-state index contributed by atoms with van der Waals surface area (Å²) < 4.78 is 0. The van der Waals surface area contributed by atoms with Crippen LogP contribution in [0.1, 0.15) is 49.0 Å². The van der Waals surface area contributed by atoms with Gasteiger partial charge in [0.25, 0.3) is 5.56 Å². The van der Waals surface area contributed by atoms with E-state index < -0.39 is 0 Å². The summed E-state index contributed by atoms with van der Waals surface area (Å²) in [6.45, 7) is 10.3. The Hall–Kier alpha value is -2.24. The average Bonchev–Trinajstić information content (AvgIpc) is 2.62. The van der Waals surface area contributed by atoms with Crippen LogP contribution in [0.2, 0.25) is 5.15 Å². The highest BCUT2D eigenvalue weighted by Gasteiger charge is 2.25. The van der Waals surface area contributed by atoms with Crippen LogP contribution in [0.4, 0.5) is 0 Å². The monoisotopic (exact) mass is 396 g/mol. The van der Waals surface area contributed by atoms with Gasteiger partial charge in [-0.05, 0) is 24.6 Å². The molecule has 6 heteroatoms. The molecule has 0 spiro atoms. The maximum absolute atomic E-state index is 12.6. The number of benzene rings is 1. The van der Waals surface area contributed by atoms with Crippen LogP contribution in [0.5, 0.6) is 0 Å². The number of aryl methyl sites for hydroxylation is 1. The number of rotatable bonds is 2. The van der Waals surface area contributed by atoms with E-state index in [4.69, 9.17) is 16.6 Å². The quantitative estimate of drug-likeness (QED) is 0.661. The normalized spacial score (nSPS) is 15.0. The van der Waals surface area contributed by atoms with Crippen molar-refractivity contribution in [3.05, 3.63) is 68.0 Å². The third kappa shape index (κ3) is 3.69. The standard InChI is InChI=1S/C22H25ClN4O/c1-13-5-6-14-10-15(19(23)24-18(14)9-13)11-27-8-7-17-16(12-27)20(28)26-21(25-17)22(2,3)4/h5-6,9-10H,7-8,11-12H2,1-4H3,(H,25,26,28). The second-order valence-corrected chi connectivity index (χ2v) is 9.04. The lowest BCUT2D eigenvalue weighted by Crippen LogP contribution is -2.37. The van der Waals surface area contributed by atoms with Gasteiger partial charge in [-0.1, -0.05) is 44.5 Å². The van der Waals surface area contributed by atoms with Crippen LogP contribution in [-0.2, 0) is 24.9 Å². The van der Waals surface area contributed by atoms with Gasteiger partial charge in [-0.25, -0.2) is 9.97 Å². The van der Waals surface area contributed by atoms with E-state index in [0.29, 0.717) is 18.2 Å². The van der Waals surface area contributed by atoms with Gasteiger partial charge < -0.3 is 4.98 Å². The smallest absolute Gasteiger partial charge is 0.255 e. The van der Waals surface area contributed by atoms with Crippen LogP contribution < -0.4 is 5.56 Å². The maximum atomic E-state index is 12.6. The summed E-state index contributed by atoms with van der Waals surface area (Å²) in [7, 11) is 0. The highest BCUT2D eigenvalue weighted by Crippen LogP contribution is 2.25. The molecule has 146 valence electrons. The van der Waals surface area contributed by atoms with Crippen LogP contribution in [0, 0.1) is 6.92 Å². The van der Waals surface area contributed by atoms with Crippen LogP contribution in [0.15, 0.2) is 29.1 Å². The van der Waals surface area contributed by atoms with Gasteiger partial charge >= 0.3 is 0 Å². The molecule has 0 aliphatic carbocycles. The van der Waals surface area contributed by atoms with Crippen LogP contribution >= 0.6 is 11.6 Å². The van der Waals surface area contributed by atoms with Gasteiger partial charge in [0.15, 0.2) is 0 Å². The Morgan fingerprint density at radius 1 is 1.21 bits per heavy atom. The number of nitrogens with one attached hydrogen (secondary N) is 1. The molecule has 0 bridgehead atoms. The zero-order valence-corrected chi connectivity index (χ0v) is 17.5. The van der Waals surface area contributed by atoms with Gasteiger partial charge in [0.2, 0.25) is 0 Å². The second-order valence-electron chi connectivity index (χ2n) is 8.68. The highest BCUT2D eigenvalue weighted by atomic mass is 35.5. The first-order valence-corrected chi connectivity index (χ1v) is 9.99. The van der Waals surface area contributed by atoms with E-state index in [2.05, 4.69) is 53.8 Å². The number of H-pyrrole nitrogens is 1. The van der Waals surface area contributed by atoms with Crippen molar-refractivity contribution in [2.45, 2.75) is 52.6 Å². The van der Waals surface area contributed by atoms with Crippen LogP contribution in [0.25, 0.3) is 10.9 Å². The fraction of sp³-hybridized carbons (Fsp3) is 0.409. The van der Waals surface area contributed by atoms with Gasteiger partial charge in [-0.2, -0.15) is 0 Å². The van der Waals surface area contributed by atoms with Crippen molar-refractivity contribution in [1.82, 2.24) is 19.9 Å². The summed E-state index contributed by atoms with van der Waals surface area (Å²) in [5, 5.41) is 1.61. The minimum Gasteiger partial charge on any atom is -0.310 e. The van der Waals surface area contributed by atoms with Crippen molar-refractivity contribution in [3.8, 4) is 0 Å². The molecule has 3 heterocycles. The molecule has 2 aromatic heterocycles. The molecule has 1 aromatic carbocycles. The summed E-state index contributed by atoms with van der Waals surface area (Å²) in [5.74, 6) is 0.752. The van der Waals surface area contributed by atoms with Crippen molar-refractivity contribution in [1.29, 1.82) is 0 Å². The molecule has 1 N–H and O–H groups in total. The van der Waals surface area contributed by atoms with E-state index in [0.717, 1.165) is 52.1 Å².